The van der Waals surface area contributed by atoms with E-state index in [1.165, 1.54) is 12.8 Å². The maximum absolute atomic E-state index is 11.2. The number of aliphatic carboxylic acids is 1. The van der Waals surface area contributed by atoms with Gasteiger partial charge in [-0.25, -0.2) is 0 Å². The van der Waals surface area contributed by atoms with Gasteiger partial charge in [-0.1, -0.05) is 40.0 Å². The number of quaternary nitrogens is 1. The highest BCUT2D eigenvalue weighted by Gasteiger charge is 2.30. The van der Waals surface area contributed by atoms with E-state index in [2.05, 4.69) is 20.8 Å². The normalized spacial score (nSPS) is 14.1. The van der Waals surface area contributed by atoms with Crippen LogP contribution in [-0.4, -0.2) is 40.3 Å². The topological polar surface area (TPSA) is 57.5 Å². The fourth-order valence-electron chi connectivity index (χ4n) is 3.10. The van der Waals surface area contributed by atoms with Crippen molar-refractivity contribution in [2.75, 3.05) is 19.6 Å². The molecule has 0 aromatic rings. The minimum Gasteiger partial charge on any atom is -0.507 e. The molecule has 0 aliphatic heterocycles. The van der Waals surface area contributed by atoms with Crippen molar-refractivity contribution in [3.8, 4) is 0 Å². The molecule has 0 spiro atoms. The molecule has 1 unspecified atom stereocenters. The monoisotopic (exact) mass is 314 g/mol. The van der Waals surface area contributed by atoms with Crippen LogP contribution in [0.15, 0.2) is 12.0 Å². The fourth-order valence-corrected chi connectivity index (χ4v) is 3.10. The molecule has 4 heteroatoms. The van der Waals surface area contributed by atoms with E-state index in [9.17, 15) is 15.0 Å². The van der Waals surface area contributed by atoms with E-state index in [4.69, 9.17) is 0 Å². The highest BCUT2D eigenvalue weighted by atomic mass is 16.4. The van der Waals surface area contributed by atoms with Crippen LogP contribution in [0.4, 0.5) is 0 Å². The summed E-state index contributed by atoms with van der Waals surface area (Å²) in [6.45, 7) is 10.5. The Hall–Kier alpha value is -1.03. The van der Waals surface area contributed by atoms with Crippen LogP contribution in [0.25, 0.3) is 0 Å². The molecule has 0 heterocycles. The maximum atomic E-state index is 11.2. The molecule has 0 aromatic heterocycles. The second kappa shape index (κ2) is 11.5. The third-order valence-corrected chi connectivity index (χ3v) is 4.11. The summed E-state index contributed by atoms with van der Waals surface area (Å²) >= 11 is 0. The summed E-state index contributed by atoms with van der Waals surface area (Å²) in [6.07, 6.45) is 9.12. The number of rotatable bonds is 13. The summed E-state index contributed by atoms with van der Waals surface area (Å²) in [7, 11) is 0. The molecule has 0 radical (unpaired) electrons. The van der Waals surface area contributed by atoms with Gasteiger partial charge in [0.15, 0.2) is 0 Å². The van der Waals surface area contributed by atoms with Crippen LogP contribution in [0.2, 0.25) is 0 Å². The first-order valence-corrected chi connectivity index (χ1v) is 8.90. The number of carbonyl (C=O) groups is 1. The van der Waals surface area contributed by atoms with E-state index in [1.807, 2.05) is 6.20 Å². The molecule has 22 heavy (non-hydrogen) atoms. The number of allylic oxidation sites excluding steroid dienone is 1. The zero-order valence-corrected chi connectivity index (χ0v) is 15.0. The Balaban J connectivity index is 4.97. The highest BCUT2D eigenvalue weighted by Crippen LogP contribution is 2.19. The van der Waals surface area contributed by atoms with Crippen LogP contribution in [0.3, 0.4) is 0 Å². The molecular formula is C18H36NO3+. The number of aliphatic hydroxyl groups is 1. The Morgan fingerprint density at radius 1 is 1.00 bits per heavy atom. The Morgan fingerprint density at radius 3 is 2.05 bits per heavy atom. The van der Waals surface area contributed by atoms with Crippen molar-refractivity contribution in [1.29, 1.82) is 0 Å². The predicted molar refractivity (Wildman–Crippen MR) is 91.7 cm³/mol. The number of aliphatic hydroxyl groups excluding tert-OH is 1. The van der Waals surface area contributed by atoms with Gasteiger partial charge < -0.3 is 10.2 Å². The maximum Gasteiger partial charge on any atom is 0.311 e. The molecule has 0 fully saturated rings. The van der Waals surface area contributed by atoms with Crippen LogP contribution in [0.1, 0.15) is 72.6 Å². The van der Waals surface area contributed by atoms with Gasteiger partial charge >= 0.3 is 5.97 Å². The zero-order valence-electron chi connectivity index (χ0n) is 15.0. The van der Waals surface area contributed by atoms with Gasteiger partial charge in [-0.15, -0.1) is 0 Å². The van der Waals surface area contributed by atoms with Crippen LogP contribution >= 0.6 is 0 Å². The van der Waals surface area contributed by atoms with Crippen LogP contribution in [0, 0.1) is 5.92 Å². The van der Waals surface area contributed by atoms with Crippen molar-refractivity contribution in [3.63, 3.8) is 0 Å². The molecule has 0 rings (SSSR count). The third-order valence-electron chi connectivity index (χ3n) is 4.11. The van der Waals surface area contributed by atoms with Crippen molar-refractivity contribution < 1.29 is 19.5 Å². The summed E-state index contributed by atoms with van der Waals surface area (Å²) in [6, 6.07) is 0. The molecule has 0 bridgehead atoms. The molecule has 4 nitrogen and oxygen atoms in total. The Labute approximate surface area is 136 Å². The fraction of sp³-hybridized carbons (Fsp3) is 0.833. The lowest BCUT2D eigenvalue weighted by molar-refractivity contribution is -0.882. The lowest BCUT2D eigenvalue weighted by atomic mass is 10.1. The number of carboxylic acids is 1. The van der Waals surface area contributed by atoms with Crippen LogP contribution < -0.4 is 0 Å². The van der Waals surface area contributed by atoms with E-state index in [0.717, 1.165) is 38.8 Å². The van der Waals surface area contributed by atoms with Gasteiger partial charge in [-0.05, 0) is 26.2 Å². The standard InChI is InChI=1S/C18H35NO3/c1-5-8-9-10-11-17(20)15-19(12-6-2,13-7-3)14-16(4)18(21)22/h15-16H,5-14H2,1-4H3,(H-,20,21,22)/p+1/b17-15-. The summed E-state index contributed by atoms with van der Waals surface area (Å²) in [5, 5.41) is 19.5. The van der Waals surface area contributed by atoms with Gasteiger partial charge in [-0.2, -0.15) is 0 Å². The number of unbranched alkanes of at least 4 members (excludes halogenated alkanes) is 3. The summed E-state index contributed by atoms with van der Waals surface area (Å²) < 4.78 is 0.583. The van der Waals surface area contributed by atoms with E-state index < -0.39 is 11.9 Å². The third kappa shape index (κ3) is 8.42. The van der Waals surface area contributed by atoms with Crippen LogP contribution in [0.5, 0.6) is 0 Å². The number of hydrogen-bond acceptors (Lipinski definition) is 2. The lowest BCUT2D eigenvalue weighted by Crippen LogP contribution is -2.48. The predicted octanol–water partition coefficient (Wildman–Crippen LogP) is 4.71. The van der Waals surface area contributed by atoms with E-state index in [-0.39, 0.29) is 0 Å². The quantitative estimate of drug-likeness (QED) is 0.294. The van der Waals surface area contributed by atoms with Crippen molar-refractivity contribution in [1.82, 2.24) is 0 Å². The van der Waals surface area contributed by atoms with Crippen molar-refractivity contribution in [3.05, 3.63) is 12.0 Å². The van der Waals surface area contributed by atoms with Gasteiger partial charge in [-0.3, -0.25) is 9.28 Å². The lowest BCUT2D eigenvalue weighted by Gasteiger charge is -2.36. The molecule has 0 saturated heterocycles. The van der Waals surface area contributed by atoms with Gasteiger partial charge in [0.05, 0.1) is 19.6 Å². The smallest absolute Gasteiger partial charge is 0.311 e. The first kappa shape index (κ1) is 21.0. The summed E-state index contributed by atoms with van der Waals surface area (Å²) in [4.78, 5) is 11.2. The molecule has 1 atom stereocenters. The van der Waals surface area contributed by atoms with Gasteiger partial charge in [0, 0.05) is 6.42 Å². The molecule has 2 N–H and O–H groups in total. The van der Waals surface area contributed by atoms with Crippen molar-refractivity contribution >= 4 is 5.97 Å². The molecule has 0 aliphatic rings. The minimum atomic E-state index is -0.759. The van der Waals surface area contributed by atoms with E-state index >= 15 is 0 Å². The van der Waals surface area contributed by atoms with Crippen LogP contribution in [-0.2, 0) is 4.79 Å². The SMILES string of the molecule is CCCCCC/C(O)=C/[N+](CCC)(CCC)CC(C)C(=O)O. The number of carboxylic acid groups (broad SMARTS) is 1. The van der Waals surface area contributed by atoms with Crippen molar-refractivity contribution in [2.24, 2.45) is 5.92 Å². The molecular weight excluding hydrogens is 278 g/mol. The summed E-state index contributed by atoms with van der Waals surface area (Å²) in [5.74, 6) is -0.733. The molecule has 0 saturated carbocycles. The first-order valence-electron chi connectivity index (χ1n) is 8.90. The Kier molecular flexibility index (Phi) is 11.0. The largest absolute Gasteiger partial charge is 0.507 e. The molecule has 0 aliphatic carbocycles. The summed E-state index contributed by atoms with van der Waals surface area (Å²) in [5.41, 5.74) is 0. The van der Waals surface area contributed by atoms with Gasteiger partial charge in [0.2, 0.25) is 0 Å². The van der Waals surface area contributed by atoms with Gasteiger partial charge in [0.25, 0.3) is 0 Å². The average Bonchev–Trinajstić information content (AvgIpc) is 2.44. The highest BCUT2D eigenvalue weighted by molar-refractivity contribution is 5.69. The minimum absolute atomic E-state index is 0.401. The van der Waals surface area contributed by atoms with E-state index in [1.54, 1.807) is 6.92 Å². The molecule has 0 aromatic carbocycles. The first-order chi connectivity index (χ1) is 10.4. The number of hydrogen-bond donors (Lipinski definition) is 2. The van der Waals surface area contributed by atoms with Crippen molar-refractivity contribution in [2.45, 2.75) is 72.6 Å². The van der Waals surface area contributed by atoms with Gasteiger partial charge in [0.1, 0.15) is 17.9 Å². The second-order valence-corrected chi connectivity index (χ2v) is 6.52. The zero-order chi connectivity index (χ0) is 17.0. The second-order valence-electron chi connectivity index (χ2n) is 6.52. The molecule has 130 valence electrons. The average molecular weight is 314 g/mol. The van der Waals surface area contributed by atoms with E-state index in [0.29, 0.717) is 23.2 Å². The Morgan fingerprint density at radius 2 is 1.59 bits per heavy atom. The molecule has 0 amide bonds. The Bertz CT molecular complexity index is 333. The number of nitrogens with zero attached hydrogens (tertiary/aromatic N) is 1.